The van der Waals surface area contributed by atoms with Crippen molar-refractivity contribution in [3.63, 3.8) is 0 Å². The lowest BCUT2D eigenvalue weighted by Gasteiger charge is -2.37. The van der Waals surface area contributed by atoms with Crippen molar-refractivity contribution in [1.29, 1.82) is 0 Å². The van der Waals surface area contributed by atoms with E-state index in [1.54, 1.807) is 0 Å². The minimum absolute atomic E-state index is 0.0960. The van der Waals surface area contributed by atoms with Gasteiger partial charge in [-0.05, 0) is 62.8 Å². The summed E-state index contributed by atoms with van der Waals surface area (Å²) in [6.45, 7) is 10.4. The Morgan fingerprint density at radius 2 is 1.66 bits per heavy atom. The van der Waals surface area contributed by atoms with Crippen molar-refractivity contribution in [2.45, 2.75) is 58.8 Å². The van der Waals surface area contributed by atoms with E-state index in [2.05, 4.69) is 60.5 Å². The molecule has 1 heterocycles. The molecule has 0 spiro atoms. The molecule has 0 fully saturated rings. The second-order valence-electron chi connectivity index (χ2n) is 9.33. The number of anilines is 1. The highest BCUT2D eigenvalue weighted by Crippen LogP contribution is 2.45. The maximum absolute atomic E-state index is 13.7. The standard InChI is InChI=1S/C30H36N2O3/c1-5-17-35-30(34)27-20(4)31-25-18-23(21-11-9-8-10-12-21)19-26(33)29(25)28(27)22-13-15-24(16-14-22)32(6-2)7-3/h8-16,23,28,31H,5-7,17-19H2,1-4H3/t23-,28-/m0/s1. The van der Waals surface area contributed by atoms with Crippen LogP contribution in [0.25, 0.3) is 0 Å². The lowest BCUT2D eigenvalue weighted by atomic mass is 9.71. The van der Waals surface area contributed by atoms with E-state index in [1.807, 2.05) is 32.0 Å². The van der Waals surface area contributed by atoms with Crippen molar-refractivity contribution in [3.05, 3.63) is 88.3 Å². The number of benzene rings is 2. The van der Waals surface area contributed by atoms with Crippen LogP contribution in [0, 0.1) is 0 Å². The first-order chi connectivity index (χ1) is 17.0. The molecule has 2 aliphatic rings. The summed E-state index contributed by atoms with van der Waals surface area (Å²) in [7, 11) is 0. The van der Waals surface area contributed by atoms with Gasteiger partial charge in [0.05, 0.1) is 12.2 Å². The minimum Gasteiger partial charge on any atom is -0.462 e. The van der Waals surface area contributed by atoms with Gasteiger partial charge in [-0.1, -0.05) is 49.4 Å². The molecule has 0 saturated heterocycles. The molecule has 1 aliphatic carbocycles. The fourth-order valence-corrected chi connectivity index (χ4v) is 5.34. The summed E-state index contributed by atoms with van der Waals surface area (Å²) in [5.41, 5.74) is 6.20. The Bertz CT molecular complexity index is 1130. The zero-order chi connectivity index (χ0) is 24.9. The van der Waals surface area contributed by atoms with Crippen molar-refractivity contribution >= 4 is 17.4 Å². The van der Waals surface area contributed by atoms with Gasteiger partial charge in [0, 0.05) is 48.1 Å². The van der Waals surface area contributed by atoms with E-state index in [9.17, 15) is 9.59 Å². The van der Waals surface area contributed by atoms with Crippen LogP contribution in [-0.4, -0.2) is 31.4 Å². The third kappa shape index (κ3) is 5.04. The summed E-state index contributed by atoms with van der Waals surface area (Å²) in [6.07, 6.45) is 1.93. The summed E-state index contributed by atoms with van der Waals surface area (Å²) in [4.78, 5) is 29.2. The molecule has 5 nitrogen and oxygen atoms in total. The van der Waals surface area contributed by atoms with Crippen LogP contribution in [0.3, 0.4) is 0 Å². The molecule has 2 aromatic carbocycles. The smallest absolute Gasteiger partial charge is 0.336 e. The van der Waals surface area contributed by atoms with Crippen LogP contribution in [0.15, 0.2) is 77.1 Å². The molecule has 1 N–H and O–H groups in total. The summed E-state index contributed by atoms with van der Waals surface area (Å²) in [5, 5.41) is 3.43. The van der Waals surface area contributed by atoms with Crippen LogP contribution in [-0.2, 0) is 14.3 Å². The number of nitrogens with one attached hydrogen (secondary N) is 1. The molecule has 0 bridgehead atoms. The Labute approximate surface area is 208 Å². The number of esters is 1. The van der Waals surface area contributed by atoms with E-state index in [-0.39, 0.29) is 17.7 Å². The van der Waals surface area contributed by atoms with E-state index in [0.29, 0.717) is 24.2 Å². The second-order valence-corrected chi connectivity index (χ2v) is 9.33. The third-order valence-corrected chi connectivity index (χ3v) is 7.11. The number of dihydropyridines is 1. The van der Waals surface area contributed by atoms with E-state index < -0.39 is 5.92 Å². The number of allylic oxidation sites excluding steroid dienone is 3. The Kier molecular flexibility index (Phi) is 7.74. The highest BCUT2D eigenvalue weighted by atomic mass is 16.5. The molecule has 0 radical (unpaired) electrons. The first-order valence-electron chi connectivity index (χ1n) is 12.8. The normalized spacial score (nSPS) is 19.8. The maximum atomic E-state index is 13.7. The predicted molar refractivity (Wildman–Crippen MR) is 140 cm³/mol. The summed E-state index contributed by atoms with van der Waals surface area (Å²) in [6, 6.07) is 18.5. The van der Waals surface area contributed by atoms with E-state index in [1.165, 1.54) is 5.56 Å². The molecular formula is C30H36N2O3. The fourth-order valence-electron chi connectivity index (χ4n) is 5.34. The zero-order valence-electron chi connectivity index (χ0n) is 21.3. The van der Waals surface area contributed by atoms with E-state index in [0.717, 1.165) is 48.6 Å². The maximum Gasteiger partial charge on any atom is 0.336 e. The molecule has 0 aromatic heterocycles. The number of Topliss-reactive ketones (excluding diaryl/α,β-unsaturated/α-hetero) is 1. The van der Waals surface area contributed by atoms with Crippen LogP contribution in [0.2, 0.25) is 0 Å². The Hall–Kier alpha value is -3.34. The topological polar surface area (TPSA) is 58.6 Å². The molecule has 0 unspecified atom stereocenters. The lowest BCUT2D eigenvalue weighted by molar-refractivity contribution is -0.139. The van der Waals surface area contributed by atoms with Crippen LogP contribution >= 0.6 is 0 Å². The number of rotatable bonds is 8. The van der Waals surface area contributed by atoms with Crippen molar-refractivity contribution in [3.8, 4) is 0 Å². The van der Waals surface area contributed by atoms with Crippen molar-refractivity contribution in [2.24, 2.45) is 0 Å². The van der Waals surface area contributed by atoms with Gasteiger partial charge in [-0.15, -0.1) is 0 Å². The third-order valence-electron chi connectivity index (χ3n) is 7.11. The SMILES string of the molecule is CCCOC(=O)C1=C(C)NC2=C(C(=O)C[C@@H](c3ccccc3)C2)[C@H]1c1ccc(N(CC)CC)cc1. The number of hydrogen-bond donors (Lipinski definition) is 1. The number of ether oxygens (including phenoxy) is 1. The van der Waals surface area contributed by atoms with Gasteiger partial charge in [0.25, 0.3) is 0 Å². The van der Waals surface area contributed by atoms with Crippen LogP contribution in [0.5, 0.6) is 0 Å². The number of nitrogens with zero attached hydrogens (tertiary/aromatic N) is 1. The molecule has 0 amide bonds. The molecule has 35 heavy (non-hydrogen) atoms. The number of ketones is 1. The van der Waals surface area contributed by atoms with Crippen LogP contribution in [0.4, 0.5) is 5.69 Å². The molecule has 0 saturated carbocycles. The van der Waals surface area contributed by atoms with Gasteiger partial charge < -0.3 is 15.0 Å². The minimum atomic E-state index is -0.425. The summed E-state index contributed by atoms with van der Waals surface area (Å²) in [5.74, 6) is -0.550. The molecule has 4 rings (SSSR count). The Morgan fingerprint density at radius 1 is 0.971 bits per heavy atom. The second kappa shape index (κ2) is 10.9. The van der Waals surface area contributed by atoms with Gasteiger partial charge in [0.2, 0.25) is 0 Å². The van der Waals surface area contributed by atoms with Gasteiger partial charge in [-0.25, -0.2) is 4.79 Å². The summed E-state index contributed by atoms with van der Waals surface area (Å²) >= 11 is 0. The zero-order valence-corrected chi connectivity index (χ0v) is 21.3. The number of carbonyl (C=O) groups excluding carboxylic acids is 2. The molecule has 184 valence electrons. The highest BCUT2D eigenvalue weighted by molar-refractivity contribution is 6.04. The monoisotopic (exact) mass is 472 g/mol. The van der Waals surface area contributed by atoms with Gasteiger partial charge in [0.1, 0.15) is 0 Å². The molecule has 2 atom stereocenters. The van der Waals surface area contributed by atoms with Crippen LogP contribution in [0.1, 0.15) is 69.9 Å². The predicted octanol–water partition coefficient (Wildman–Crippen LogP) is 5.85. The van der Waals surface area contributed by atoms with E-state index >= 15 is 0 Å². The number of hydrogen-bond acceptors (Lipinski definition) is 5. The van der Waals surface area contributed by atoms with Crippen molar-refractivity contribution in [1.82, 2.24) is 5.32 Å². The van der Waals surface area contributed by atoms with Crippen LogP contribution < -0.4 is 10.2 Å². The largest absolute Gasteiger partial charge is 0.462 e. The lowest BCUT2D eigenvalue weighted by Crippen LogP contribution is -2.36. The van der Waals surface area contributed by atoms with Gasteiger partial charge >= 0.3 is 5.97 Å². The first-order valence-corrected chi connectivity index (χ1v) is 12.8. The average Bonchev–Trinajstić information content (AvgIpc) is 2.88. The molecular weight excluding hydrogens is 436 g/mol. The Balaban J connectivity index is 1.76. The average molecular weight is 473 g/mol. The van der Waals surface area contributed by atoms with Gasteiger partial charge in [-0.3, -0.25) is 4.79 Å². The Morgan fingerprint density at radius 3 is 2.29 bits per heavy atom. The summed E-state index contributed by atoms with van der Waals surface area (Å²) < 4.78 is 5.58. The molecule has 5 heteroatoms. The van der Waals surface area contributed by atoms with E-state index in [4.69, 9.17) is 4.74 Å². The number of carbonyl (C=O) groups is 2. The van der Waals surface area contributed by atoms with Gasteiger partial charge in [-0.2, -0.15) is 0 Å². The van der Waals surface area contributed by atoms with Crippen molar-refractivity contribution < 1.29 is 14.3 Å². The molecule has 2 aromatic rings. The quantitative estimate of drug-likeness (QED) is 0.489. The molecule has 1 aliphatic heterocycles. The first kappa shape index (κ1) is 24.8. The highest BCUT2D eigenvalue weighted by Gasteiger charge is 2.41. The van der Waals surface area contributed by atoms with Crippen molar-refractivity contribution in [2.75, 3.05) is 24.6 Å². The fraction of sp³-hybridized carbons (Fsp3) is 0.400. The van der Waals surface area contributed by atoms with Gasteiger partial charge in [0.15, 0.2) is 5.78 Å².